The van der Waals surface area contributed by atoms with E-state index in [-0.39, 0.29) is 11.8 Å². The second-order valence-electron chi connectivity index (χ2n) is 6.36. The Kier molecular flexibility index (Phi) is 4.34. The van der Waals surface area contributed by atoms with Gasteiger partial charge in [0.2, 0.25) is 5.91 Å². The van der Waals surface area contributed by atoms with Crippen molar-refractivity contribution in [3.05, 3.63) is 72.1 Å². The molecule has 1 aliphatic heterocycles. The van der Waals surface area contributed by atoms with Crippen LogP contribution in [0.2, 0.25) is 0 Å². The van der Waals surface area contributed by atoms with Gasteiger partial charge in [-0.1, -0.05) is 42.5 Å². The van der Waals surface area contributed by atoms with Crippen LogP contribution in [0.15, 0.2) is 65.1 Å². The average molecular weight is 332 g/mol. The van der Waals surface area contributed by atoms with Crippen LogP contribution in [0.4, 0.5) is 0 Å². The third kappa shape index (κ3) is 3.48. The predicted octanol–water partition coefficient (Wildman–Crippen LogP) is 4.25. The summed E-state index contributed by atoms with van der Waals surface area (Å²) in [5.41, 5.74) is 2.78. The molecule has 25 heavy (non-hydrogen) atoms. The maximum absolute atomic E-state index is 12.4. The summed E-state index contributed by atoms with van der Waals surface area (Å²) >= 11 is 0. The zero-order valence-corrected chi connectivity index (χ0v) is 14.0. The predicted molar refractivity (Wildman–Crippen MR) is 98.0 cm³/mol. The molecule has 1 amide bonds. The molecule has 2 heterocycles. The molecule has 1 aromatic heterocycles. The second kappa shape index (κ2) is 6.93. The van der Waals surface area contributed by atoms with E-state index in [1.54, 1.807) is 6.08 Å². The molecule has 0 spiro atoms. The topological polar surface area (TPSA) is 46.3 Å². The summed E-state index contributed by atoms with van der Waals surface area (Å²) in [6, 6.07) is 17.7. The minimum Gasteiger partial charge on any atom is -0.440 e. The van der Waals surface area contributed by atoms with Gasteiger partial charge in [0.05, 0.1) is 0 Å². The Morgan fingerprint density at radius 2 is 1.76 bits per heavy atom. The zero-order valence-electron chi connectivity index (χ0n) is 14.0. The van der Waals surface area contributed by atoms with Gasteiger partial charge in [-0.3, -0.25) is 4.79 Å². The molecule has 0 N–H and O–H groups in total. The smallest absolute Gasteiger partial charge is 0.246 e. The Balaban J connectivity index is 1.37. The lowest BCUT2D eigenvalue weighted by atomic mass is 9.96. The molecule has 4 heteroatoms. The fraction of sp³-hybridized carbons (Fsp3) is 0.238. The van der Waals surface area contributed by atoms with Crippen LogP contribution in [0, 0.1) is 0 Å². The Morgan fingerprint density at radius 1 is 1.04 bits per heavy atom. The van der Waals surface area contributed by atoms with Crippen molar-refractivity contribution in [2.45, 2.75) is 18.8 Å². The molecule has 3 aromatic rings. The first-order valence-corrected chi connectivity index (χ1v) is 8.67. The standard InChI is InChI=1S/C21H20N2O2/c24-20(11-10-16-6-2-1-3-7-16)23-14-12-17(13-15-23)21-22-18-8-4-5-9-19(18)25-21/h1-11,17H,12-15H2. The molecule has 0 bridgehead atoms. The van der Waals surface area contributed by atoms with Crippen LogP contribution in [-0.4, -0.2) is 28.9 Å². The van der Waals surface area contributed by atoms with E-state index in [2.05, 4.69) is 4.98 Å². The lowest BCUT2D eigenvalue weighted by Crippen LogP contribution is -2.36. The van der Waals surface area contributed by atoms with Crippen molar-refractivity contribution in [2.75, 3.05) is 13.1 Å². The van der Waals surface area contributed by atoms with Crippen LogP contribution < -0.4 is 0 Å². The van der Waals surface area contributed by atoms with E-state index in [0.29, 0.717) is 0 Å². The number of aromatic nitrogens is 1. The molecule has 0 aliphatic carbocycles. The number of amides is 1. The fourth-order valence-corrected chi connectivity index (χ4v) is 3.25. The molecule has 4 nitrogen and oxygen atoms in total. The molecule has 0 unspecified atom stereocenters. The fourth-order valence-electron chi connectivity index (χ4n) is 3.25. The normalized spacial score (nSPS) is 15.9. The van der Waals surface area contributed by atoms with Crippen molar-refractivity contribution in [3.63, 3.8) is 0 Å². The minimum absolute atomic E-state index is 0.0693. The average Bonchev–Trinajstić information content (AvgIpc) is 3.11. The molecular formula is C21H20N2O2. The number of hydrogen-bond acceptors (Lipinski definition) is 3. The van der Waals surface area contributed by atoms with Crippen molar-refractivity contribution < 1.29 is 9.21 Å². The number of piperidine rings is 1. The van der Waals surface area contributed by atoms with Crippen LogP contribution in [0.5, 0.6) is 0 Å². The SMILES string of the molecule is O=C(C=Cc1ccccc1)N1CCC(c2nc3ccccc3o2)CC1. The van der Waals surface area contributed by atoms with E-state index in [0.717, 1.165) is 48.5 Å². The number of hydrogen-bond donors (Lipinski definition) is 0. The van der Waals surface area contributed by atoms with E-state index in [1.165, 1.54) is 0 Å². The van der Waals surface area contributed by atoms with Gasteiger partial charge in [-0.15, -0.1) is 0 Å². The number of nitrogens with zero attached hydrogens (tertiary/aromatic N) is 2. The van der Waals surface area contributed by atoms with Crippen molar-refractivity contribution in [2.24, 2.45) is 0 Å². The summed E-state index contributed by atoms with van der Waals surface area (Å²) < 4.78 is 5.88. The molecule has 0 saturated carbocycles. The van der Waals surface area contributed by atoms with E-state index in [9.17, 15) is 4.79 Å². The maximum atomic E-state index is 12.4. The number of carbonyl (C=O) groups excluding carboxylic acids is 1. The monoisotopic (exact) mass is 332 g/mol. The summed E-state index contributed by atoms with van der Waals surface area (Å²) in [5, 5.41) is 0. The van der Waals surface area contributed by atoms with Crippen molar-refractivity contribution in [1.29, 1.82) is 0 Å². The third-order valence-electron chi connectivity index (χ3n) is 4.68. The summed E-state index contributed by atoms with van der Waals surface area (Å²) in [4.78, 5) is 18.9. The summed E-state index contributed by atoms with van der Waals surface area (Å²) in [6.07, 6.45) is 5.31. The molecule has 126 valence electrons. The Hall–Kier alpha value is -2.88. The molecule has 0 radical (unpaired) electrons. The van der Waals surface area contributed by atoms with E-state index in [4.69, 9.17) is 4.42 Å². The molecule has 1 aliphatic rings. The highest BCUT2D eigenvalue weighted by Crippen LogP contribution is 2.29. The van der Waals surface area contributed by atoms with Gasteiger partial charge in [-0.05, 0) is 36.6 Å². The van der Waals surface area contributed by atoms with Crippen molar-refractivity contribution in [1.82, 2.24) is 9.88 Å². The molecule has 2 aromatic carbocycles. The number of fused-ring (bicyclic) bond motifs is 1. The quantitative estimate of drug-likeness (QED) is 0.674. The minimum atomic E-state index is 0.0693. The first kappa shape index (κ1) is 15.6. The first-order chi connectivity index (χ1) is 12.3. The highest BCUT2D eigenvalue weighted by molar-refractivity contribution is 5.91. The number of oxazole rings is 1. The van der Waals surface area contributed by atoms with E-state index < -0.39 is 0 Å². The van der Waals surface area contributed by atoms with Gasteiger partial charge >= 0.3 is 0 Å². The molecule has 1 saturated heterocycles. The van der Waals surface area contributed by atoms with Gasteiger partial charge in [0.1, 0.15) is 5.52 Å². The Labute approximate surface area is 146 Å². The largest absolute Gasteiger partial charge is 0.440 e. The lowest BCUT2D eigenvalue weighted by molar-refractivity contribution is -0.127. The van der Waals surface area contributed by atoms with E-state index in [1.807, 2.05) is 65.6 Å². The zero-order chi connectivity index (χ0) is 17.1. The van der Waals surface area contributed by atoms with Crippen LogP contribution in [0.25, 0.3) is 17.2 Å². The van der Waals surface area contributed by atoms with Gasteiger partial charge in [-0.2, -0.15) is 0 Å². The molecule has 0 atom stereocenters. The molecular weight excluding hydrogens is 312 g/mol. The van der Waals surface area contributed by atoms with Crippen molar-refractivity contribution >= 4 is 23.1 Å². The number of rotatable bonds is 3. The Morgan fingerprint density at radius 3 is 2.52 bits per heavy atom. The number of carbonyl (C=O) groups is 1. The highest BCUT2D eigenvalue weighted by Gasteiger charge is 2.26. The van der Waals surface area contributed by atoms with Gasteiger partial charge in [0, 0.05) is 25.1 Å². The third-order valence-corrected chi connectivity index (χ3v) is 4.68. The Bertz CT molecular complexity index is 857. The number of likely N-dealkylation sites (tertiary alicyclic amines) is 1. The summed E-state index contributed by atoms with van der Waals surface area (Å²) in [7, 11) is 0. The van der Waals surface area contributed by atoms with Crippen LogP contribution in [0.1, 0.15) is 30.2 Å². The van der Waals surface area contributed by atoms with Crippen LogP contribution in [0.3, 0.4) is 0 Å². The van der Waals surface area contributed by atoms with Crippen LogP contribution in [-0.2, 0) is 4.79 Å². The van der Waals surface area contributed by atoms with Gasteiger partial charge in [-0.25, -0.2) is 4.98 Å². The number of benzene rings is 2. The molecule has 4 rings (SSSR count). The first-order valence-electron chi connectivity index (χ1n) is 8.67. The maximum Gasteiger partial charge on any atom is 0.246 e. The van der Waals surface area contributed by atoms with E-state index >= 15 is 0 Å². The van der Waals surface area contributed by atoms with Crippen LogP contribution >= 0.6 is 0 Å². The second-order valence-corrected chi connectivity index (χ2v) is 6.36. The highest BCUT2D eigenvalue weighted by atomic mass is 16.3. The molecule has 1 fully saturated rings. The van der Waals surface area contributed by atoms with Gasteiger partial charge in [0.15, 0.2) is 11.5 Å². The number of para-hydroxylation sites is 2. The van der Waals surface area contributed by atoms with Crippen molar-refractivity contribution in [3.8, 4) is 0 Å². The van der Waals surface area contributed by atoms with Gasteiger partial charge < -0.3 is 9.32 Å². The summed E-state index contributed by atoms with van der Waals surface area (Å²) in [5.74, 6) is 1.16. The lowest BCUT2D eigenvalue weighted by Gasteiger charge is -2.29. The van der Waals surface area contributed by atoms with Gasteiger partial charge in [0.25, 0.3) is 0 Å². The summed E-state index contributed by atoms with van der Waals surface area (Å²) in [6.45, 7) is 1.47.